The molecule has 0 saturated heterocycles. The summed E-state index contributed by atoms with van der Waals surface area (Å²) in [5, 5.41) is 23.4. The molecule has 0 spiro atoms. The first-order valence-electron chi connectivity index (χ1n) is 10.5. The van der Waals surface area contributed by atoms with Crippen LogP contribution in [-0.2, 0) is 11.4 Å². The summed E-state index contributed by atoms with van der Waals surface area (Å²) in [7, 11) is 0. The van der Waals surface area contributed by atoms with Crippen molar-refractivity contribution >= 4 is 23.4 Å². The topological polar surface area (TPSA) is 119 Å². The maximum atomic E-state index is 12.5. The fraction of sp³-hybridized carbons (Fsp3) is 0.115. The van der Waals surface area contributed by atoms with Gasteiger partial charge >= 0.3 is 0 Å². The number of hydrogen-bond acceptors (Lipinski definition) is 6. The van der Waals surface area contributed by atoms with Gasteiger partial charge in [0.2, 0.25) is 5.91 Å². The number of amides is 1. The van der Waals surface area contributed by atoms with Gasteiger partial charge in [-0.1, -0.05) is 18.2 Å². The molecule has 0 unspecified atom stereocenters. The van der Waals surface area contributed by atoms with Crippen LogP contribution in [0.1, 0.15) is 22.6 Å². The van der Waals surface area contributed by atoms with E-state index >= 15 is 0 Å². The molecule has 2 aromatic heterocycles. The third-order valence-electron chi connectivity index (χ3n) is 5.24. The molecule has 4 rings (SSSR count). The van der Waals surface area contributed by atoms with Gasteiger partial charge < -0.3 is 19.3 Å². The lowest BCUT2D eigenvalue weighted by Crippen LogP contribution is -2.09. The number of nitrogens with zero attached hydrogens (tertiary/aromatic N) is 1. The first-order chi connectivity index (χ1) is 16.3. The second kappa shape index (κ2) is 9.60. The SMILES string of the molecule is Cc1ccc(-c2ccc(/C=C/C(=O)Nc3cc(-c4ccc(CO)o4)ccc3C)o2)c([N+](=O)[O-])c1. The van der Waals surface area contributed by atoms with E-state index in [4.69, 9.17) is 8.83 Å². The first kappa shape index (κ1) is 22.8. The van der Waals surface area contributed by atoms with Crippen molar-refractivity contribution in [2.24, 2.45) is 0 Å². The first-order valence-corrected chi connectivity index (χ1v) is 10.5. The number of carbonyl (C=O) groups excluding carboxylic acids is 1. The highest BCUT2D eigenvalue weighted by Crippen LogP contribution is 2.32. The molecule has 8 heteroatoms. The fourth-order valence-electron chi connectivity index (χ4n) is 3.45. The predicted molar refractivity (Wildman–Crippen MR) is 128 cm³/mol. The van der Waals surface area contributed by atoms with E-state index in [1.807, 2.05) is 19.1 Å². The van der Waals surface area contributed by atoms with Crippen LogP contribution >= 0.6 is 0 Å². The number of carbonyl (C=O) groups is 1. The second-order valence-electron chi connectivity index (χ2n) is 7.76. The molecule has 0 bridgehead atoms. The average molecular weight is 458 g/mol. The van der Waals surface area contributed by atoms with E-state index in [9.17, 15) is 20.0 Å². The van der Waals surface area contributed by atoms with E-state index in [1.54, 1.807) is 49.4 Å². The summed E-state index contributed by atoms with van der Waals surface area (Å²) in [5.74, 6) is 1.41. The Morgan fingerprint density at radius 2 is 1.82 bits per heavy atom. The third kappa shape index (κ3) is 4.97. The maximum absolute atomic E-state index is 12.5. The number of nitro benzene ring substituents is 1. The summed E-state index contributed by atoms with van der Waals surface area (Å²) in [4.78, 5) is 23.4. The molecule has 1 amide bonds. The number of nitro groups is 1. The van der Waals surface area contributed by atoms with E-state index in [0.29, 0.717) is 34.3 Å². The van der Waals surface area contributed by atoms with Crippen molar-refractivity contribution in [2.45, 2.75) is 20.5 Å². The van der Waals surface area contributed by atoms with Gasteiger partial charge in [0.1, 0.15) is 29.6 Å². The summed E-state index contributed by atoms with van der Waals surface area (Å²) in [6.07, 6.45) is 2.83. The Bertz CT molecular complexity index is 1400. The van der Waals surface area contributed by atoms with E-state index in [0.717, 1.165) is 16.7 Å². The monoisotopic (exact) mass is 458 g/mol. The number of nitrogens with one attached hydrogen (secondary N) is 1. The number of furan rings is 2. The second-order valence-corrected chi connectivity index (χ2v) is 7.76. The molecular formula is C26H22N2O6. The van der Waals surface area contributed by atoms with E-state index in [2.05, 4.69) is 5.32 Å². The molecule has 4 aromatic rings. The van der Waals surface area contributed by atoms with Gasteiger partial charge in [-0.2, -0.15) is 0 Å². The highest BCUT2D eigenvalue weighted by atomic mass is 16.6. The Morgan fingerprint density at radius 3 is 2.56 bits per heavy atom. The highest BCUT2D eigenvalue weighted by Gasteiger charge is 2.18. The van der Waals surface area contributed by atoms with Crippen LogP contribution in [-0.4, -0.2) is 15.9 Å². The normalized spacial score (nSPS) is 11.1. The van der Waals surface area contributed by atoms with E-state index in [-0.39, 0.29) is 18.2 Å². The highest BCUT2D eigenvalue weighted by molar-refractivity contribution is 6.02. The van der Waals surface area contributed by atoms with Crippen LogP contribution in [0.25, 0.3) is 28.7 Å². The van der Waals surface area contributed by atoms with Crippen molar-refractivity contribution in [2.75, 3.05) is 5.32 Å². The zero-order valence-corrected chi connectivity index (χ0v) is 18.6. The van der Waals surface area contributed by atoms with Crippen LogP contribution in [0.4, 0.5) is 11.4 Å². The molecule has 0 atom stereocenters. The molecule has 0 radical (unpaired) electrons. The van der Waals surface area contributed by atoms with Gasteiger partial charge in [-0.15, -0.1) is 0 Å². The largest absolute Gasteiger partial charge is 0.459 e. The third-order valence-corrected chi connectivity index (χ3v) is 5.24. The van der Waals surface area contributed by atoms with Gasteiger partial charge in [0, 0.05) is 23.4 Å². The summed E-state index contributed by atoms with van der Waals surface area (Å²) < 4.78 is 11.3. The number of aliphatic hydroxyl groups excluding tert-OH is 1. The Labute approximate surface area is 195 Å². The standard InChI is InChI=1S/C26H22N2O6/c1-16-3-9-21(23(13-16)28(31)32)25-11-6-19(33-25)8-12-26(30)27-22-14-18(5-4-17(22)2)24-10-7-20(15-29)34-24/h3-14,29H,15H2,1-2H3,(H,27,30)/b12-8+. The smallest absolute Gasteiger partial charge is 0.280 e. The summed E-state index contributed by atoms with van der Waals surface area (Å²) in [6, 6.07) is 17.2. The van der Waals surface area contributed by atoms with Gasteiger partial charge in [0.25, 0.3) is 5.69 Å². The van der Waals surface area contributed by atoms with Crippen molar-refractivity contribution in [1.82, 2.24) is 0 Å². The number of benzene rings is 2. The van der Waals surface area contributed by atoms with Crippen molar-refractivity contribution in [3.8, 4) is 22.6 Å². The van der Waals surface area contributed by atoms with Crippen molar-refractivity contribution in [3.05, 3.63) is 99.5 Å². The molecule has 8 nitrogen and oxygen atoms in total. The molecule has 0 aliphatic heterocycles. The zero-order chi connectivity index (χ0) is 24.2. The average Bonchev–Trinajstić information content (AvgIpc) is 3.49. The van der Waals surface area contributed by atoms with Gasteiger partial charge in [-0.3, -0.25) is 14.9 Å². The number of rotatable bonds is 7. The summed E-state index contributed by atoms with van der Waals surface area (Å²) in [5.41, 5.74) is 3.35. The lowest BCUT2D eigenvalue weighted by Gasteiger charge is -2.08. The summed E-state index contributed by atoms with van der Waals surface area (Å²) >= 11 is 0. The molecule has 0 aliphatic carbocycles. The molecule has 172 valence electrons. The molecule has 0 fully saturated rings. The zero-order valence-electron chi connectivity index (χ0n) is 18.6. The van der Waals surface area contributed by atoms with E-state index < -0.39 is 4.92 Å². The maximum Gasteiger partial charge on any atom is 0.280 e. The Morgan fingerprint density at radius 1 is 1.03 bits per heavy atom. The molecule has 0 saturated carbocycles. The van der Waals surface area contributed by atoms with Gasteiger partial charge in [0.15, 0.2) is 0 Å². The summed E-state index contributed by atoms with van der Waals surface area (Å²) in [6.45, 7) is 3.47. The van der Waals surface area contributed by atoms with E-state index in [1.165, 1.54) is 18.2 Å². The number of aliphatic hydroxyl groups is 1. The van der Waals surface area contributed by atoms with Gasteiger partial charge in [-0.25, -0.2) is 0 Å². The van der Waals surface area contributed by atoms with Crippen LogP contribution in [0.3, 0.4) is 0 Å². The minimum absolute atomic E-state index is 0.0411. The minimum atomic E-state index is -0.447. The lowest BCUT2D eigenvalue weighted by atomic mass is 10.1. The van der Waals surface area contributed by atoms with Crippen molar-refractivity contribution < 1.29 is 23.7 Å². The molecule has 2 aromatic carbocycles. The molecule has 34 heavy (non-hydrogen) atoms. The van der Waals surface area contributed by atoms with Crippen LogP contribution in [0, 0.1) is 24.0 Å². The van der Waals surface area contributed by atoms with Crippen LogP contribution in [0.2, 0.25) is 0 Å². The quantitative estimate of drug-likeness (QED) is 0.203. The predicted octanol–water partition coefficient (Wildman–Crippen LogP) is 5.88. The van der Waals surface area contributed by atoms with Crippen LogP contribution in [0.5, 0.6) is 0 Å². The van der Waals surface area contributed by atoms with Crippen LogP contribution in [0.15, 0.2) is 75.6 Å². The number of hydrogen-bond donors (Lipinski definition) is 2. The van der Waals surface area contributed by atoms with Gasteiger partial charge in [-0.05, 0) is 67.4 Å². The van der Waals surface area contributed by atoms with Crippen LogP contribution < -0.4 is 5.32 Å². The molecule has 0 aliphatic rings. The molecular weight excluding hydrogens is 436 g/mol. The van der Waals surface area contributed by atoms with Gasteiger partial charge in [0.05, 0.1) is 10.5 Å². The van der Waals surface area contributed by atoms with Crippen molar-refractivity contribution in [1.29, 1.82) is 0 Å². The van der Waals surface area contributed by atoms with Crippen molar-refractivity contribution in [3.63, 3.8) is 0 Å². The Hall–Kier alpha value is -4.43. The number of aryl methyl sites for hydroxylation is 2. The Balaban J connectivity index is 1.49. The fourth-order valence-corrected chi connectivity index (χ4v) is 3.45. The Kier molecular flexibility index (Phi) is 6.42. The minimum Gasteiger partial charge on any atom is -0.459 e. The number of anilines is 1. The lowest BCUT2D eigenvalue weighted by molar-refractivity contribution is -0.384. The molecule has 2 heterocycles. The molecule has 2 N–H and O–H groups in total.